The van der Waals surface area contributed by atoms with E-state index in [-0.39, 0.29) is 11.7 Å². The molecule has 2 amide bonds. The minimum Gasteiger partial charge on any atom is -0.378 e. The molecule has 1 saturated heterocycles. The van der Waals surface area contributed by atoms with Gasteiger partial charge in [-0.3, -0.25) is 0 Å². The van der Waals surface area contributed by atoms with Crippen LogP contribution in [-0.4, -0.2) is 50.2 Å². The molecule has 3 rings (SSSR count). The summed E-state index contributed by atoms with van der Waals surface area (Å²) in [6.45, 7) is 1.86. The lowest BCUT2D eigenvalue weighted by Gasteiger charge is -2.36. The van der Waals surface area contributed by atoms with Crippen LogP contribution in [0.3, 0.4) is 0 Å². The Kier molecular flexibility index (Phi) is 6.37. The number of likely N-dealkylation sites (tertiary alicyclic amines) is 1. The molecule has 1 saturated carbocycles. The molecule has 1 aromatic carbocycles. The lowest BCUT2D eigenvalue weighted by atomic mass is 10.0. The number of halogens is 3. The zero-order valence-corrected chi connectivity index (χ0v) is 16.5. The summed E-state index contributed by atoms with van der Waals surface area (Å²) >= 11 is 0. The minimum atomic E-state index is -4.54. The standard InChI is InChI=1S/C20H29F3N4O/c1-26(2)16-7-8-18(17(13-16)20(21,22)23)25-19(28)24-14-9-11-27(12-10-14)15-5-3-4-6-15/h7-8,13-15H,3-6,9-12H2,1-2H3,(H2,24,25,28). The third-order valence-corrected chi connectivity index (χ3v) is 5.78. The molecular formula is C20H29F3N4O. The number of hydrogen-bond acceptors (Lipinski definition) is 3. The van der Waals surface area contributed by atoms with Gasteiger partial charge in [0.25, 0.3) is 0 Å². The molecule has 156 valence electrons. The van der Waals surface area contributed by atoms with Gasteiger partial charge in [-0.25, -0.2) is 4.79 Å². The van der Waals surface area contributed by atoms with Crippen LogP contribution in [0.4, 0.5) is 29.3 Å². The summed E-state index contributed by atoms with van der Waals surface area (Å²) in [5.74, 6) is 0. The molecule has 1 heterocycles. The van der Waals surface area contributed by atoms with Crippen LogP contribution in [0, 0.1) is 0 Å². The number of amides is 2. The zero-order chi connectivity index (χ0) is 20.3. The summed E-state index contributed by atoms with van der Waals surface area (Å²) in [5.41, 5.74) is -0.638. The van der Waals surface area contributed by atoms with Gasteiger partial charge >= 0.3 is 12.2 Å². The fourth-order valence-electron chi connectivity index (χ4n) is 4.18. The van der Waals surface area contributed by atoms with Gasteiger partial charge in [-0.2, -0.15) is 13.2 Å². The first kappa shape index (κ1) is 20.8. The Morgan fingerprint density at radius 3 is 2.32 bits per heavy atom. The van der Waals surface area contributed by atoms with E-state index in [0.29, 0.717) is 11.7 Å². The number of anilines is 2. The zero-order valence-electron chi connectivity index (χ0n) is 16.5. The largest absolute Gasteiger partial charge is 0.418 e. The Morgan fingerprint density at radius 2 is 1.75 bits per heavy atom. The SMILES string of the molecule is CN(C)c1ccc(NC(=O)NC2CCN(C3CCCC3)CC2)c(C(F)(F)F)c1. The van der Waals surface area contributed by atoms with Crippen molar-refractivity contribution in [1.29, 1.82) is 0 Å². The number of hydrogen-bond donors (Lipinski definition) is 2. The predicted octanol–water partition coefficient (Wildman–Crippen LogP) is 4.30. The monoisotopic (exact) mass is 398 g/mol. The number of carbonyl (C=O) groups is 1. The van der Waals surface area contributed by atoms with Gasteiger partial charge in [0, 0.05) is 45.0 Å². The summed E-state index contributed by atoms with van der Waals surface area (Å²) in [6.07, 6.45) is 2.20. The number of urea groups is 1. The second-order valence-electron chi connectivity index (χ2n) is 7.97. The Balaban J connectivity index is 1.57. The maximum absolute atomic E-state index is 13.4. The van der Waals surface area contributed by atoms with Gasteiger partial charge in [-0.15, -0.1) is 0 Å². The molecule has 1 aliphatic heterocycles. The van der Waals surface area contributed by atoms with Crippen molar-refractivity contribution in [2.45, 2.75) is 56.8 Å². The summed E-state index contributed by atoms with van der Waals surface area (Å²) in [6, 6.07) is 4.00. The van der Waals surface area contributed by atoms with Crippen LogP contribution in [0.15, 0.2) is 18.2 Å². The molecule has 2 fully saturated rings. The van der Waals surface area contributed by atoms with E-state index in [4.69, 9.17) is 0 Å². The number of carbonyl (C=O) groups excluding carboxylic acids is 1. The van der Waals surface area contributed by atoms with E-state index >= 15 is 0 Å². The Morgan fingerprint density at radius 1 is 1.11 bits per heavy atom. The molecular weight excluding hydrogens is 369 g/mol. The van der Waals surface area contributed by atoms with E-state index in [2.05, 4.69) is 15.5 Å². The molecule has 1 aromatic rings. The Hall–Kier alpha value is -1.96. The molecule has 1 aliphatic carbocycles. The molecule has 5 nitrogen and oxygen atoms in total. The highest BCUT2D eigenvalue weighted by Gasteiger charge is 2.35. The first-order valence-electron chi connectivity index (χ1n) is 9.94. The molecule has 0 unspecified atom stereocenters. The second kappa shape index (κ2) is 8.59. The molecule has 0 radical (unpaired) electrons. The van der Waals surface area contributed by atoms with Gasteiger partial charge in [-0.05, 0) is 43.9 Å². The number of rotatable bonds is 4. The van der Waals surface area contributed by atoms with E-state index in [1.54, 1.807) is 25.1 Å². The molecule has 0 atom stereocenters. The van der Waals surface area contributed by atoms with Crippen LogP contribution in [0.5, 0.6) is 0 Å². The smallest absolute Gasteiger partial charge is 0.378 e. The van der Waals surface area contributed by atoms with Crippen molar-refractivity contribution >= 4 is 17.4 Å². The van der Waals surface area contributed by atoms with Crippen molar-refractivity contribution in [1.82, 2.24) is 10.2 Å². The predicted molar refractivity (Wildman–Crippen MR) is 105 cm³/mol. The van der Waals surface area contributed by atoms with Gasteiger partial charge in [0.2, 0.25) is 0 Å². The summed E-state index contributed by atoms with van der Waals surface area (Å²) < 4.78 is 40.2. The highest BCUT2D eigenvalue weighted by atomic mass is 19.4. The number of nitrogens with one attached hydrogen (secondary N) is 2. The van der Waals surface area contributed by atoms with Gasteiger partial charge in [0.15, 0.2) is 0 Å². The summed E-state index contributed by atoms with van der Waals surface area (Å²) in [4.78, 5) is 16.4. The lowest BCUT2D eigenvalue weighted by Crippen LogP contribution is -2.48. The van der Waals surface area contributed by atoms with Crippen LogP contribution in [-0.2, 0) is 6.18 Å². The summed E-state index contributed by atoms with van der Waals surface area (Å²) in [5, 5.41) is 5.23. The third-order valence-electron chi connectivity index (χ3n) is 5.78. The van der Waals surface area contributed by atoms with Crippen molar-refractivity contribution in [3.8, 4) is 0 Å². The molecule has 8 heteroatoms. The number of alkyl halides is 3. The second-order valence-corrected chi connectivity index (χ2v) is 7.97. The normalized spacial score (nSPS) is 19.6. The van der Waals surface area contributed by atoms with Crippen LogP contribution >= 0.6 is 0 Å². The van der Waals surface area contributed by atoms with E-state index in [1.165, 1.54) is 31.7 Å². The first-order chi connectivity index (χ1) is 13.2. The Labute approximate surface area is 164 Å². The van der Waals surface area contributed by atoms with Crippen molar-refractivity contribution in [2.75, 3.05) is 37.4 Å². The highest BCUT2D eigenvalue weighted by molar-refractivity contribution is 5.90. The number of nitrogens with zero attached hydrogens (tertiary/aromatic N) is 2. The van der Waals surface area contributed by atoms with Gasteiger partial charge in [0.1, 0.15) is 0 Å². The quantitative estimate of drug-likeness (QED) is 0.795. The minimum absolute atomic E-state index is 0.00645. The van der Waals surface area contributed by atoms with Crippen LogP contribution in [0.1, 0.15) is 44.1 Å². The molecule has 0 spiro atoms. The molecule has 0 bridgehead atoms. The van der Waals surface area contributed by atoms with Gasteiger partial charge in [0.05, 0.1) is 11.3 Å². The molecule has 0 aromatic heterocycles. The highest BCUT2D eigenvalue weighted by Crippen LogP contribution is 2.37. The average Bonchev–Trinajstić information content (AvgIpc) is 3.16. The van der Waals surface area contributed by atoms with E-state index < -0.39 is 17.8 Å². The topological polar surface area (TPSA) is 47.6 Å². The van der Waals surface area contributed by atoms with Gasteiger partial charge in [-0.1, -0.05) is 12.8 Å². The maximum Gasteiger partial charge on any atom is 0.418 e. The van der Waals surface area contributed by atoms with Crippen LogP contribution in [0.2, 0.25) is 0 Å². The van der Waals surface area contributed by atoms with Gasteiger partial charge < -0.3 is 20.4 Å². The fraction of sp³-hybridized carbons (Fsp3) is 0.650. The lowest BCUT2D eigenvalue weighted by molar-refractivity contribution is -0.136. The van der Waals surface area contributed by atoms with Crippen LogP contribution in [0.25, 0.3) is 0 Å². The van der Waals surface area contributed by atoms with Crippen LogP contribution < -0.4 is 15.5 Å². The van der Waals surface area contributed by atoms with E-state index in [0.717, 1.165) is 32.0 Å². The Bertz CT molecular complexity index is 679. The molecule has 28 heavy (non-hydrogen) atoms. The molecule has 2 N–H and O–H groups in total. The maximum atomic E-state index is 13.4. The van der Waals surface area contributed by atoms with Crippen molar-refractivity contribution in [3.05, 3.63) is 23.8 Å². The van der Waals surface area contributed by atoms with E-state index in [1.807, 2.05) is 0 Å². The van der Waals surface area contributed by atoms with Crippen molar-refractivity contribution in [3.63, 3.8) is 0 Å². The number of piperidine rings is 1. The number of benzene rings is 1. The summed E-state index contributed by atoms with van der Waals surface area (Å²) in [7, 11) is 3.35. The average molecular weight is 398 g/mol. The molecule has 2 aliphatic rings. The van der Waals surface area contributed by atoms with Crippen molar-refractivity contribution < 1.29 is 18.0 Å². The third kappa shape index (κ3) is 5.10. The van der Waals surface area contributed by atoms with E-state index in [9.17, 15) is 18.0 Å². The first-order valence-corrected chi connectivity index (χ1v) is 9.94. The fourth-order valence-corrected chi connectivity index (χ4v) is 4.18. The van der Waals surface area contributed by atoms with Crippen molar-refractivity contribution in [2.24, 2.45) is 0 Å².